The number of piperazine rings is 1. The Bertz CT molecular complexity index is 1410. The summed E-state index contributed by atoms with van der Waals surface area (Å²) in [7, 11) is -3.84. The van der Waals surface area contributed by atoms with Crippen molar-refractivity contribution in [1.82, 2.24) is 14.0 Å². The SMILES string of the molecule is Cc1csc(-c2ccc(C#Cc3ccc(N4CCN(S(=O)(=O)NC(C)C(=O)O)CC4)cc3)cc2C)n1. The molecule has 8 nitrogen and oxygen atoms in total. The first-order valence-corrected chi connectivity index (χ1v) is 13.8. The highest BCUT2D eigenvalue weighted by Crippen LogP contribution is 2.27. The van der Waals surface area contributed by atoms with Gasteiger partial charge in [-0.2, -0.15) is 17.4 Å². The average Bonchev–Trinajstić information content (AvgIpc) is 3.28. The predicted molar refractivity (Wildman–Crippen MR) is 142 cm³/mol. The molecule has 2 heterocycles. The highest BCUT2D eigenvalue weighted by Gasteiger charge is 2.29. The molecule has 1 saturated heterocycles. The Morgan fingerprint density at radius 1 is 1.06 bits per heavy atom. The fourth-order valence-electron chi connectivity index (χ4n) is 3.89. The first-order chi connectivity index (χ1) is 17.1. The maximum Gasteiger partial charge on any atom is 0.321 e. The van der Waals surface area contributed by atoms with Crippen LogP contribution in [0, 0.1) is 25.7 Å². The number of nitrogens with one attached hydrogen (secondary N) is 1. The van der Waals surface area contributed by atoms with Crippen LogP contribution in [0.1, 0.15) is 29.3 Å². The number of carboxylic acid groups (broad SMARTS) is 1. The molecule has 10 heteroatoms. The molecular formula is C26H28N4O4S2. The second-order valence-corrected chi connectivity index (χ2v) is 11.2. The Kier molecular flexibility index (Phi) is 7.76. The third kappa shape index (κ3) is 6.12. The van der Waals surface area contributed by atoms with E-state index < -0.39 is 22.2 Å². The van der Waals surface area contributed by atoms with Crippen molar-refractivity contribution in [3.05, 3.63) is 70.2 Å². The van der Waals surface area contributed by atoms with Crippen molar-refractivity contribution in [1.29, 1.82) is 0 Å². The fraction of sp³-hybridized carbons (Fsp3) is 0.308. The standard InChI is InChI=1S/C26H28N4O4S2/c1-18-16-22(8-11-24(18)25-27-19(2)17-35-25)5-4-21-6-9-23(10-7-21)29-12-14-30(15-13-29)36(33,34)28-20(3)26(31)32/h6-11,16-17,20,28H,12-15H2,1-3H3,(H,31,32). The van der Waals surface area contributed by atoms with Gasteiger partial charge in [0.2, 0.25) is 0 Å². The number of hydrogen-bond donors (Lipinski definition) is 2. The van der Waals surface area contributed by atoms with Crippen molar-refractivity contribution in [2.24, 2.45) is 0 Å². The molecular weight excluding hydrogens is 496 g/mol. The number of aliphatic carboxylic acids is 1. The van der Waals surface area contributed by atoms with Crippen LogP contribution in [0.25, 0.3) is 10.6 Å². The number of anilines is 1. The van der Waals surface area contributed by atoms with Gasteiger partial charge < -0.3 is 10.0 Å². The second-order valence-electron chi connectivity index (χ2n) is 8.69. The number of carbonyl (C=O) groups is 1. The fourth-order valence-corrected chi connectivity index (χ4v) is 6.12. The zero-order valence-corrected chi connectivity index (χ0v) is 22.0. The van der Waals surface area contributed by atoms with Crippen molar-refractivity contribution in [3.8, 4) is 22.4 Å². The lowest BCUT2D eigenvalue weighted by atomic mass is 10.1. The van der Waals surface area contributed by atoms with Gasteiger partial charge >= 0.3 is 5.97 Å². The molecule has 1 aliphatic heterocycles. The number of thiazole rings is 1. The molecule has 2 aromatic carbocycles. The molecule has 0 radical (unpaired) electrons. The number of rotatable bonds is 6. The molecule has 0 amide bonds. The van der Waals surface area contributed by atoms with E-state index >= 15 is 0 Å². The summed E-state index contributed by atoms with van der Waals surface area (Å²) >= 11 is 1.64. The normalized spacial score (nSPS) is 15.2. The Morgan fingerprint density at radius 2 is 1.69 bits per heavy atom. The van der Waals surface area contributed by atoms with Gasteiger partial charge in [-0.3, -0.25) is 4.79 Å². The van der Waals surface area contributed by atoms with E-state index in [1.807, 2.05) is 42.6 Å². The van der Waals surface area contributed by atoms with Crippen LogP contribution in [0.3, 0.4) is 0 Å². The minimum absolute atomic E-state index is 0.277. The van der Waals surface area contributed by atoms with Crippen molar-refractivity contribution < 1.29 is 18.3 Å². The summed E-state index contributed by atoms with van der Waals surface area (Å²) in [4.78, 5) is 17.6. The van der Waals surface area contributed by atoms with Crippen LogP contribution >= 0.6 is 11.3 Å². The quantitative estimate of drug-likeness (QED) is 0.480. The number of carboxylic acids is 1. The molecule has 188 valence electrons. The summed E-state index contributed by atoms with van der Waals surface area (Å²) in [6, 6.07) is 12.9. The van der Waals surface area contributed by atoms with Crippen LogP contribution in [0.15, 0.2) is 47.8 Å². The number of aromatic nitrogens is 1. The summed E-state index contributed by atoms with van der Waals surface area (Å²) in [6.07, 6.45) is 0. The molecule has 1 atom stereocenters. The summed E-state index contributed by atoms with van der Waals surface area (Å²) in [5.74, 6) is 5.23. The molecule has 0 bridgehead atoms. The Morgan fingerprint density at radius 3 is 2.28 bits per heavy atom. The zero-order chi connectivity index (χ0) is 25.9. The molecule has 0 saturated carbocycles. The predicted octanol–water partition coefficient (Wildman–Crippen LogP) is 3.26. The van der Waals surface area contributed by atoms with Gasteiger partial charge in [-0.15, -0.1) is 11.3 Å². The molecule has 36 heavy (non-hydrogen) atoms. The third-order valence-electron chi connectivity index (χ3n) is 5.93. The molecule has 1 aliphatic rings. The second kappa shape index (κ2) is 10.8. The summed E-state index contributed by atoms with van der Waals surface area (Å²) in [5.41, 5.74) is 6.11. The van der Waals surface area contributed by atoms with Gasteiger partial charge in [-0.05, 0) is 62.7 Å². The van der Waals surface area contributed by atoms with Crippen LogP contribution in [0.4, 0.5) is 5.69 Å². The van der Waals surface area contributed by atoms with Crippen LogP contribution < -0.4 is 9.62 Å². The van der Waals surface area contributed by atoms with Crippen LogP contribution in [-0.4, -0.2) is 61.0 Å². The van der Waals surface area contributed by atoms with E-state index in [0.29, 0.717) is 13.1 Å². The van der Waals surface area contributed by atoms with Gasteiger partial charge in [-0.1, -0.05) is 17.9 Å². The van der Waals surface area contributed by atoms with Gasteiger partial charge in [0.1, 0.15) is 11.0 Å². The van der Waals surface area contributed by atoms with Gasteiger partial charge in [-0.25, -0.2) is 4.98 Å². The van der Waals surface area contributed by atoms with Crippen LogP contribution in [0.5, 0.6) is 0 Å². The lowest BCUT2D eigenvalue weighted by Gasteiger charge is -2.35. The number of nitrogens with zero attached hydrogens (tertiary/aromatic N) is 3. The summed E-state index contributed by atoms with van der Waals surface area (Å²) < 4.78 is 28.3. The van der Waals surface area contributed by atoms with Gasteiger partial charge in [0.25, 0.3) is 10.2 Å². The van der Waals surface area contributed by atoms with E-state index in [9.17, 15) is 13.2 Å². The highest BCUT2D eigenvalue weighted by atomic mass is 32.2. The maximum atomic E-state index is 12.4. The summed E-state index contributed by atoms with van der Waals surface area (Å²) in [5, 5.41) is 12.0. The third-order valence-corrected chi connectivity index (χ3v) is 8.62. The lowest BCUT2D eigenvalue weighted by Crippen LogP contribution is -2.54. The minimum Gasteiger partial charge on any atom is -0.480 e. The Balaban J connectivity index is 1.37. The smallest absolute Gasteiger partial charge is 0.321 e. The highest BCUT2D eigenvalue weighted by molar-refractivity contribution is 7.87. The minimum atomic E-state index is -3.84. The molecule has 0 spiro atoms. The monoisotopic (exact) mass is 524 g/mol. The van der Waals surface area contributed by atoms with Crippen molar-refractivity contribution >= 4 is 33.2 Å². The van der Waals surface area contributed by atoms with E-state index in [0.717, 1.165) is 38.6 Å². The first kappa shape index (κ1) is 25.9. The number of aryl methyl sites for hydroxylation is 2. The van der Waals surface area contributed by atoms with E-state index in [-0.39, 0.29) is 13.1 Å². The van der Waals surface area contributed by atoms with E-state index in [1.165, 1.54) is 11.2 Å². The number of benzene rings is 2. The molecule has 1 fully saturated rings. The molecule has 1 unspecified atom stereocenters. The van der Waals surface area contributed by atoms with Gasteiger partial charge in [0.15, 0.2) is 0 Å². The zero-order valence-electron chi connectivity index (χ0n) is 20.4. The topological polar surface area (TPSA) is 103 Å². The summed E-state index contributed by atoms with van der Waals surface area (Å²) in [6.45, 7) is 6.95. The van der Waals surface area contributed by atoms with Crippen molar-refractivity contribution in [3.63, 3.8) is 0 Å². The molecule has 0 aliphatic carbocycles. The van der Waals surface area contributed by atoms with Gasteiger partial charge in [0.05, 0.1) is 0 Å². The van der Waals surface area contributed by atoms with Crippen LogP contribution in [0.2, 0.25) is 0 Å². The molecule has 4 rings (SSSR count). The average molecular weight is 525 g/mol. The van der Waals surface area contributed by atoms with Crippen molar-refractivity contribution in [2.45, 2.75) is 26.8 Å². The van der Waals surface area contributed by atoms with E-state index in [2.05, 4.69) is 45.5 Å². The largest absolute Gasteiger partial charge is 0.480 e. The Labute approximate surface area is 215 Å². The molecule has 2 N–H and O–H groups in total. The first-order valence-electron chi connectivity index (χ1n) is 11.5. The number of hydrogen-bond acceptors (Lipinski definition) is 6. The Hall–Kier alpha value is -3.23. The maximum absolute atomic E-state index is 12.4. The van der Waals surface area contributed by atoms with E-state index in [4.69, 9.17) is 5.11 Å². The van der Waals surface area contributed by atoms with Gasteiger partial charge in [0, 0.05) is 59.6 Å². The lowest BCUT2D eigenvalue weighted by molar-refractivity contribution is -0.138. The van der Waals surface area contributed by atoms with E-state index in [1.54, 1.807) is 11.3 Å². The van der Waals surface area contributed by atoms with Crippen molar-refractivity contribution in [2.75, 3.05) is 31.1 Å². The van der Waals surface area contributed by atoms with Crippen LogP contribution in [-0.2, 0) is 15.0 Å². The molecule has 3 aromatic rings. The molecule has 1 aromatic heterocycles.